The molecule has 1 heterocycles. The highest BCUT2D eigenvalue weighted by molar-refractivity contribution is 7.99. The minimum atomic E-state index is 0.705. The molecule has 2 unspecified atom stereocenters. The number of nitrogens with one attached hydrogen (secondary N) is 1. The predicted octanol–water partition coefficient (Wildman–Crippen LogP) is 3.49. The molecule has 1 aliphatic heterocycles. The molecule has 3 heteroatoms. The monoisotopic (exact) mass is 304 g/mol. The number of thioether (sulfide) groups is 1. The van der Waals surface area contributed by atoms with E-state index in [0.717, 1.165) is 17.9 Å². The van der Waals surface area contributed by atoms with E-state index >= 15 is 0 Å². The van der Waals surface area contributed by atoms with Crippen LogP contribution in [0.3, 0.4) is 0 Å². The minimum absolute atomic E-state index is 0.705. The maximum absolute atomic E-state index is 3.80. The van der Waals surface area contributed by atoms with Crippen LogP contribution in [0.4, 0.5) is 0 Å². The zero-order valence-electron chi connectivity index (χ0n) is 13.3. The number of benzene rings is 1. The van der Waals surface area contributed by atoms with Crippen LogP contribution >= 0.6 is 11.8 Å². The molecule has 21 heavy (non-hydrogen) atoms. The van der Waals surface area contributed by atoms with Crippen molar-refractivity contribution in [1.82, 2.24) is 10.2 Å². The summed E-state index contributed by atoms with van der Waals surface area (Å²) in [6.07, 6.45) is 2.88. The largest absolute Gasteiger partial charge is 0.311 e. The summed E-state index contributed by atoms with van der Waals surface area (Å²) in [6, 6.07) is 12.2. The molecule has 1 saturated carbocycles. The van der Waals surface area contributed by atoms with Crippen LogP contribution in [0.2, 0.25) is 0 Å². The zero-order valence-corrected chi connectivity index (χ0v) is 14.1. The van der Waals surface area contributed by atoms with Crippen molar-refractivity contribution in [2.24, 2.45) is 11.8 Å². The first-order chi connectivity index (χ1) is 10.2. The van der Waals surface area contributed by atoms with Crippen molar-refractivity contribution in [3.8, 4) is 0 Å². The van der Waals surface area contributed by atoms with Gasteiger partial charge in [0, 0.05) is 42.4 Å². The third-order valence-corrected chi connectivity index (χ3v) is 5.83. The van der Waals surface area contributed by atoms with E-state index in [1.54, 1.807) is 0 Å². The van der Waals surface area contributed by atoms with Gasteiger partial charge in [0.15, 0.2) is 0 Å². The van der Waals surface area contributed by atoms with Crippen molar-refractivity contribution in [2.75, 3.05) is 25.4 Å². The first-order valence-corrected chi connectivity index (χ1v) is 9.38. The zero-order chi connectivity index (χ0) is 14.7. The second-order valence-corrected chi connectivity index (χ2v) is 7.99. The topological polar surface area (TPSA) is 15.3 Å². The van der Waals surface area contributed by atoms with Gasteiger partial charge >= 0.3 is 0 Å². The molecule has 0 bridgehead atoms. The Kier molecular flexibility index (Phi) is 5.25. The molecule has 0 spiro atoms. The molecule has 0 radical (unpaired) electrons. The van der Waals surface area contributed by atoms with Crippen LogP contribution < -0.4 is 5.32 Å². The lowest BCUT2D eigenvalue weighted by Gasteiger charge is -2.42. The van der Waals surface area contributed by atoms with Crippen molar-refractivity contribution in [2.45, 2.75) is 43.7 Å². The van der Waals surface area contributed by atoms with Crippen molar-refractivity contribution >= 4 is 11.8 Å². The van der Waals surface area contributed by atoms with Gasteiger partial charge in [0.05, 0.1) is 0 Å². The van der Waals surface area contributed by atoms with Crippen molar-refractivity contribution in [1.29, 1.82) is 0 Å². The van der Waals surface area contributed by atoms with Gasteiger partial charge in [-0.15, -0.1) is 11.8 Å². The van der Waals surface area contributed by atoms with Crippen LogP contribution in [-0.4, -0.2) is 42.4 Å². The second-order valence-electron chi connectivity index (χ2n) is 6.82. The van der Waals surface area contributed by atoms with E-state index in [1.165, 1.54) is 43.1 Å². The van der Waals surface area contributed by atoms with Crippen LogP contribution in [0.15, 0.2) is 35.2 Å². The van der Waals surface area contributed by atoms with Crippen LogP contribution in [0.25, 0.3) is 0 Å². The maximum atomic E-state index is 3.80. The molecule has 2 fully saturated rings. The standard InChI is InChI=1S/C18H28N2S/c1-14(2)18-12-19-17(15-8-9-15)13-20(18)10-11-21-16-6-4-3-5-7-16/h3-7,14-15,17-19H,8-13H2,1-2H3. The summed E-state index contributed by atoms with van der Waals surface area (Å²) in [6.45, 7) is 8.37. The number of nitrogens with zero attached hydrogens (tertiary/aromatic N) is 1. The van der Waals surface area contributed by atoms with Crippen LogP contribution in [-0.2, 0) is 0 Å². The molecule has 1 aromatic carbocycles. The van der Waals surface area contributed by atoms with Gasteiger partial charge in [-0.05, 0) is 36.8 Å². The number of rotatable bonds is 6. The van der Waals surface area contributed by atoms with Gasteiger partial charge in [0.1, 0.15) is 0 Å². The van der Waals surface area contributed by atoms with Gasteiger partial charge in [-0.3, -0.25) is 4.90 Å². The van der Waals surface area contributed by atoms with Gasteiger partial charge < -0.3 is 5.32 Å². The number of hydrogen-bond acceptors (Lipinski definition) is 3. The van der Waals surface area contributed by atoms with Gasteiger partial charge in [-0.25, -0.2) is 0 Å². The minimum Gasteiger partial charge on any atom is -0.311 e. The third kappa shape index (κ3) is 4.24. The van der Waals surface area contributed by atoms with Crippen LogP contribution in [0, 0.1) is 11.8 Å². The van der Waals surface area contributed by atoms with Gasteiger partial charge in [0.2, 0.25) is 0 Å². The quantitative estimate of drug-likeness (QED) is 0.810. The molecule has 1 aliphatic carbocycles. The highest BCUT2D eigenvalue weighted by Crippen LogP contribution is 2.35. The van der Waals surface area contributed by atoms with Gasteiger partial charge in [-0.2, -0.15) is 0 Å². The Hall–Kier alpha value is -0.510. The lowest BCUT2D eigenvalue weighted by molar-refractivity contribution is 0.0993. The molecule has 2 atom stereocenters. The summed E-state index contributed by atoms with van der Waals surface area (Å²) in [5, 5.41) is 3.80. The normalized spacial score (nSPS) is 27.2. The fourth-order valence-electron chi connectivity index (χ4n) is 3.38. The molecule has 116 valence electrons. The van der Waals surface area contributed by atoms with E-state index in [-0.39, 0.29) is 0 Å². The van der Waals surface area contributed by atoms with E-state index < -0.39 is 0 Å². The lowest BCUT2D eigenvalue weighted by atomic mass is 9.97. The van der Waals surface area contributed by atoms with Crippen molar-refractivity contribution < 1.29 is 0 Å². The van der Waals surface area contributed by atoms with Crippen molar-refractivity contribution in [3.05, 3.63) is 30.3 Å². The van der Waals surface area contributed by atoms with Crippen molar-refractivity contribution in [3.63, 3.8) is 0 Å². The van der Waals surface area contributed by atoms with E-state index in [9.17, 15) is 0 Å². The smallest absolute Gasteiger partial charge is 0.0244 e. The Morgan fingerprint density at radius 3 is 2.67 bits per heavy atom. The predicted molar refractivity (Wildman–Crippen MR) is 91.9 cm³/mol. The molecular formula is C18H28N2S. The Morgan fingerprint density at radius 1 is 1.24 bits per heavy atom. The summed E-state index contributed by atoms with van der Waals surface area (Å²) in [5.41, 5.74) is 0. The molecule has 3 rings (SSSR count). The summed E-state index contributed by atoms with van der Waals surface area (Å²) < 4.78 is 0. The first-order valence-electron chi connectivity index (χ1n) is 8.39. The van der Waals surface area contributed by atoms with Gasteiger partial charge in [-0.1, -0.05) is 32.0 Å². The summed E-state index contributed by atoms with van der Waals surface area (Å²) >= 11 is 1.99. The first kappa shape index (κ1) is 15.4. The van der Waals surface area contributed by atoms with E-state index in [1.807, 2.05) is 11.8 Å². The molecule has 1 aromatic rings. The molecule has 2 nitrogen and oxygen atoms in total. The summed E-state index contributed by atoms with van der Waals surface area (Å²) in [4.78, 5) is 4.15. The Balaban J connectivity index is 1.52. The Morgan fingerprint density at radius 2 is 2.00 bits per heavy atom. The molecule has 2 aliphatic rings. The van der Waals surface area contributed by atoms with E-state index in [4.69, 9.17) is 0 Å². The highest BCUT2D eigenvalue weighted by atomic mass is 32.2. The number of piperazine rings is 1. The molecule has 0 amide bonds. The van der Waals surface area contributed by atoms with E-state index in [0.29, 0.717) is 6.04 Å². The average molecular weight is 305 g/mol. The number of hydrogen-bond donors (Lipinski definition) is 1. The van der Waals surface area contributed by atoms with Crippen LogP contribution in [0.5, 0.6) is 0 Å². The molecule has 1 saturated heterocycles. The maximum Gasteiger partial charge on any atom is 0.0244 e. The molecule has 0 aromatic heterocycles. The highest BCUT2D eigenvalue weighted by Gasteiger charge is 2.37. The SMILES string of the molecule is CC(C)C1CNC(C2CC2)CN1CCSc1ccccc1. The summed E-state index contributed by atoms with van der Waals surface area (Å²) in [7, 11) is 0. The average Bonchev–Trinajstić information content (AvgIpc) is 3.33. The Bertz CT molecular complexity index is 430. The Labute approximate surface area is 133 Å². The van der Waals surface area contributed by atoms with Gasteiger partial charge in [0.25, 0.3) is 0 Å². The summed E-state index contributed by atoms with van der Waals surface area (Å²) in [5.74, 6) is 2.90. The fourth-order valence-corrected chi connectivity index (χ4v) is 4.29. The third-order valence-electron chi connectivity index (χ3n) is 4.84. The second kappa shape index (κ2) is 7.17. The lowest BCUT2D eigenvalue weighted by Crippen LogP contribution is -2.59. The van der Waals surface area contributed by atoms with Crippen LogP contribution in [0.1, 0.15) is 26.7 Å². The van der Waals surface area contributed by atoms with E-state index in [2.05, 4.69) is 54.4 Å². The molecular weight excluding hydrogens is 276 g/mol. The fraction of sp³-hybridized carbons (Fsp3) is 0.667. The molecule has 1 N–H and O–H groups in total.